The molecule has 2 N–H and O–H groups in total. The number of benzene rings is 1. The molecule has 0 radical (unpaired) electrons. The van der Waals surface area contributed by atoms with Crippen LogP contribution in [0.2, 0.25) is 0 Å². The normalized spacial score (nSPS) is 10.7. The molecular formula is C14H18N4O. The quantitative estimate of drug-likeness (QED) is 0.860. The van der Waals surface area contributed by atoms with Gasteiger partial charge >= 0.3 is 0 Å². The van der Waals surface area contributed by atoms with E-state index in [1.54, 1.807) is 0 Å². The second kappa shape index (κ2) is 6.13. The topological polar surface area (TPSA) is 70.7 Å². The van der Waals surface area contributed by atoms with E-state index in [-0.39, 0.29) is 5.91 Å². The Kier molecular flexibility index (Phi) is 4.28. The predicted molar refractivity (Wildman–Crippen MR) is 73.0 cm³/mol. The van der Waals surface area contributed by atoms with Gasteiger partial charge in [0.2, 0.25) is 0 Å². The van der Waals surface area contributed by atoms with E-state index in [1.165, 1.54) is 11.9 Å². The van der Waals surface area contributed by atoms with Gasteiger partial charge in [0.25, 0.3) is 5.91 Å². The summed E-state index contributed by atoms with van der Waals surface area (Å²) in [6.07, 6.45) is 2.11. The number of nitrogens with one attached hydrogen (secondary N) is 2. The third-order valence-corrected chi connectivity index (χ3v) is 2.95. The average molecular weight is 258 g/mol. The number of aromatic amines is 1. The van der Waals surface area contributed by atoms with Crippen LogP contribution in [-0.4, -0.2) is 27.6 Å². The van der Waals surface area contributed by atoms with Crippen LogP contribution in [0, 0.1) is 0 Å². The Balaban J connectivity index is 1.85. The highest BCUT2D eigenvalue weighted by Crippen LogP contribution is 2.14. The van der Waals surface area contributed by atoms with Crippen molar-refractivity contribution in [3.8, 4) is 0 Å². The maximum atomic E-state index is 11.9. The van der Waals surface area contributed by atoms with Crippen LogP contribution < -0.4 is 5.32 Å². The molecule has 100 valence electrons. The molecule has 0 aliphatic carbocycles. The fourth-order valence-electron chi connectivity index (χ4n) is 1.77. The van der Waals surface area contributed by atoms with Gasteiger partial charge in [0.1, 0.15) is 12.2 Å². The van der Waals surface area contributed by atoms with Crippen LogP contribution in [0.4, 0.5) is 0 Å². The summed E-state index contributed by atoms with van der Waals surface area (Å²) in [6.45, 7) is 4.80. The largest absolute Gasteiger partial charge is 0.352 e. The molecule has 0 saturated heterocycles. The van der Waals surface area contributed by atoms with Crippen molar-refractivity contribution < 1.29 is 4.79 Å². The van der Waals surface area contributed by atoms with Crippen LogP contribution in [-0.2, 0) is 6.42 Å². The van der Waals surface area contributed by atoms with Gasteiger partial charge in [0.05, 0.1) is 0 Å². The zero-order valence-corrected chi connectivity index (χ0v) is 11.2. The second-order valence-electron chi connectivity index (χ2n) is 4.71. The van der Waals surface area contributed by atoms with Crippen molar-refractivity contribution in [3.05, 3.63) is 47.5 Å². The van der Waals surface area contributed by atoms with Crippen LogP contribution in [0.25, 0.3) is 0 Å². The molecule has 19 heavy (non-hydrogen) atoms. The highest BCUT2D eigenvalue weighted by atomic mass is 16.1. The highest BCUT2D eigenvalue weighted by Gasteiger charge is 2.06. The SMILES string of the molecule is CC(C)c1ccc(C(=O)NCCc2ncn[nH]2)cc1. The maximum Gasteiger partial charge on any atom is 0.251 e. The summed E-state index contributed by atoms with van der Waals surface area (Å²) < 4.78 is 0. The smallest absolute Gasteiger partial charge is 0.251 e. The summed E-state index contributed by atoms with van der Waals surface area (Å²) in [5.74, 6) is 1.19. The molecule has 0 bridgehead atoms. The van der Waals surface area contributed by atoms with Gasteiger partial charge in [-0.15, -0.1) is 0 Å². The first-order valence-corrected chi connectivity index (χ1v) is 6.39. The number of rotatable bonds is 5. The third-order valence-electron chi connectivity index (χ3n) is 2.95. The van der Waals surface area contributed by atoms with Gasteiger partial charge in [-0.3, -0.25) is 9.89 Å². The average Bonchev–Trinajstić information content (AvgIpc) is 2.92. The van der Waals surface area contributed by atoms with Crippen LogP contribution in [0.3, 0.4) is 0 Å². The first-order chi connectivity index (χ1) is 9.16. The number of carbonyl (C=O) groups is 1. The van der Waals surface area contributed by atoms with Crippen LogP contribution in [0.15, 0.2) is 30.6 Å². The summed E-state index contributed by atoms with van der Waals surface area (Å²) in [6, 6.07) is 7.71. The predicted octanol–water partition coefficient (Wildman–Crippen LogP) is 1.90. The zero-order valence-electron chi connectivity index (χ0n) is 11.2. The third kappa shape index (κ3) is 3.64. The Hall–Kier alpha value is -2.17. The van der Waals surface area contributed by atoms with Crippen molar-refractivity contribution in [1.29, 1.82) is 0 Å². The molecule has 1 aromatic carbocycles. The van der Waals surface area contributed by atoms with Crippen molar-refractivity contribution in [2.45, 2.75) is 26.2 Å². The minimum atomic E-state index is -0.0604. The number of H-pyrrole nitrogens is 1. The van der Waals surface area contributed by atoms with E-state index in [1.807, 2.05) is 24.3 Å². The number of nitrogens with zero attached hydrogens (tertiary/aromatic N) is 2. The Morgan fingerprint density at radius 3 is 2.63 bits per heavy atom. The van der Waals surface area contributed by atoms with Crippen molar-refractivity contribution in [1.82, 2.24) is 20.5 Å². The summed E-state index contributed by atoms with van der Waals surface area (Å²) in [5, 5.41) is 9.37. The van der Waals surface area contributed by atoms with E-state index in [0.29, 0.717) is 24.4 Å². The molecule has 5 nitrogen and oxygen atoms in total. The van der Waals surface area contributed by atoms with Crippen molar-refractivity contribution in [2.75, 3.05) is 6.54 Å². The molecule has 0 saturated carbocycles. The first kappa shape index (κ1) is 13.3. The lowest BCUT2D eigenvalue weighted by molar-refractivity contribution is 0.0954. The van der Waals surface area contributed by atoms with Gasteiger partial charge in [-0.25, -0.2) is 4.98 Å². The maximum absolute atomic E-state index is 11.9. The minimum absolute atomic E-state index is 0.0604. The number of hydrogen-bond acceptors (Lipinski definition) is 3. The molecular weight excluding hydrogens is 240 g/mol. The molecule has 0 aliphatic heterocycles. The van der Waals surface area contributed by atoms with Crippen molar-refractivity contribution >= 4 is 5.91 Å². The van der Waals surface area contributed by atoms with Crippen LogP contribution in [0.5, 0.6) is 0 Å². The summed E-state index contributed by atoms with van der Waals surface area (Å²) >= 11 is 0. The molecule has 0 fully saturated rings. The zero-order chi connectivity index (χ0) is 13.7. The monoisotopic (exact) mass is 258 g/mol. The second-order valence-corrected chi connectivity index (χ2v) is 4.71. The molecule has 0 atom stereocenters. The Bertz CT molecular complexity index is 517. The number of aromatic nitrogens is 3. The molecule has 2 aromatic rings. The lowest BCUT2D eigenvalue weighted by Gasteiger charge is -2.07. The summed E-state index contributed by atoms with van der Waals surface area (Å²) in [4.78, 5) is 15.9. The molecule has 2 rings (SSSR count). The molecule has 0 unspecified atom stereocenters. The van der Waals surface area contributed by atoms with E-state index < -0.39 is 0 Å². The van der Waals surface area contributed by atoms with Crippen LogP contribution in [0.1, 0.15) is 41.5 Å². The number of carbonyl (C=O) groups excluding carboxylic acids is 1. The number of amides is 1. The van der Waals surface area contributed by atoms with Gasteiger partial charge in [0, 0.05) is 18.5 Å². The number of hydrogen-bond donors (Lipinski definition) is 2. The fourth-order valence-corrected chi connectivity index (χ4v) is 1.77. The van der Waals surface area contributed by atoms with Crippen molar-refractivity contribution in [2.24, 2.45) is 0 Å². The highest BCUT2D eigenvalue weighted by molar-refractivity contribution is 5.94. The first-order valence-electron chi connectivity index (χ1n) is 6.39. The minimum Gasteiger partial charge on any atom is -0.352 e. The molecule has 1 amide bonds. The lowest BCUT2D eigenvalue weighted by atomic mass is 10.0. The summed E-state index contributed by atoms with van der Waals surface area (Å²) in [7, 11) is 0. The molecule has 5 heteroatoms. The van der Waals surface area contributed by atoms with Gasteiger partial charge in [-0.1, -0.05) is 26.0 Å². The van der Waals surface area contributed by atoms with Gasteiger partial charge in [0.15, 0.2) is 0 Å². The van der Waals surface area contributed by atoms with Gasteiger partial charge in [-0.2, -0.15) is 5.10 Å². The van der Waals surface area contributed by atoms with E-state index in [9.17, 15) is 4.79 Å². The Labute approximate surface area is 112 Å². The van der Waals surface area contributed by atoms with Gasteiger partial charge < -0.3 is 5.32 Å². The van der Waals surface area contributed by atoms with Crippen LogP contribution >= 0.6 is 0 Å². The lowest BCUT2D eigenvalue weighted by Crippen LogP contribution is -2.25. The van der Waals surface area contributed by atoms with Crippen molar-refractivity contribution in [3.63, 3.8) is 0 Å². The van der Waals surface area contributed by atoms with E-state index in [0.717, 1.165) is 5.82 Å². The molecule has 0 aliphatic rings. The molecule has 0 spiro atoms. The Morgan fingerprint density at radius 2 is 2.05 bits per heavy atom. The summed E-state index contributed by atoms with van der Waals surface area (Å²) in [5.41, 5.74) is 1.92. The van der Waals surface area contributed by atoms with Gasteiger partial charge in [-0.05, 0) is 23.6 Å². The van der Waals surface area contributed by atoms with E-state index in [2.05, 4.69) is 34.3 Å². The fraction of sp³-hybridized carbons (Fsp3) is 0.357. The van der Waals surface area contributed by atoms with E-state index >= 15 is 0 Å². The Morgan fingerprint density at radius 1 is 1.32 bits per heavy atom. The molecule has 1 heterocycles. The van der Waals surface area contributed by atoms with E-state index in [4.69, 9.17) is 0 Å². The standard InChI is InChI=1S/C14H18N4O/c1-10(2)11-3-5-12(6-4-11)14(19)15-8-7-13-16-9-17-18-13/h3-6,9-10H,7-8H2,1-2H3,(H,15,19)(H,16,17,18). The molecule has 1 aromatic heterocycles.